The summed E-state index contributed by atoms with van der Waals surface area (Å²) in [6.07, 6.45) is -0.950. The predicted molar refractivity (Wildman–Crippen MR) is 44.4 cm³/mol. The number of aliphatic hydroxyl groups excluding tert-OH is 1. The van der Waals surface area contributed by atoms with E-state index in [1.807, 2.05) is 5.48 Å². The third-order valence-corrected chi connectivity index (χ3v) is 2.28. The Labute approximate surface area is 74.8 Å². The molecule has 3 N–H and O–H groups in total. The van der Waals surface area contributed by atoms with Gasteiger partial charge in [-0.2, -0.15) is 5.48 Å². The fourth-order valence-electron chi connectivity index (χ4n) is 1.60. The van der Waals surface area contributed by atoms with Crippen molar-refractivity contribution >= 4 is 5.78 Å². The van der Waals surface area contributed by atoms with Crippen LogP contribution in [0, 0.1) is 0 Å². The number of benzene rings is 1. The first kappa shape index (κ1) is 8.37. The van der Waals surface area contributed by atoms with Crippen LogP contribution in [0.4, 0.5) is 0 Å². The molecule has 0 saturated carbocycles. The molecule has 0 bridgehead atoms. The Bertz CT molecular complexity index is 350. The molecule has 0 aromatic heterocycles. The molecule has 0 fully saturated rings. The number of aliphatic hydroxyl groups is 1. The summed E-state index contributed by atoms with van der Waals surface area (Å²) in [6.45, 7) is 0. The zero-order chi connectivity index (χ0) is 9.42. The summed E-state index contributed by atoms with van der Waals surface area (Å²) in [5.41, 5.74) is 2.85. The Morgan fingerprint density at radius 3 is 2.62 bits per heavy atom. The number of hydrogen-bond donors (Lipinski definition) is 3. The second-order valence-corrected chi connectivity index (χ2v) is 3.00. The summed E-state index contributed by atoms with van der Waals surface area (Å²) in [4.78, 5) is 11.5. The van der Waals surface area contributed by atoms with Crippen LogP contribution >= 0.6 is 0 Å². The molecular formula is C9H9NO3. The highest BCUT2D eigenvalue weighted by Gasteiger charge is 2.37. The first-order valence-corrected chi connectivity index (χ1v) is 3.96. The Balaban J connectivity index is 2.50. The first-order valence-electron chi connectivity index (χ1n) is 3.96. The Hall–Kier alpha value is -1.23. The molecule has 2 unspecified atom stereocenters. The quantitative estimate of drug-likeness (QED) is 0.541. The standard InChI is InChI=1S/C9H9NO3/c11-8-5-3-1-2-4-6(5)9(12)7(8)10-13/h1-4,7-8,10-11,13H. The van der Waals surface area contributed by atoms with Gasteiger partial charge in [-0.05, 0) is 5.56 Å². The van der Waals surface area contributed by atoms with Crippen molar-refractivity contribution in [3.05, 3.63) is 35.4 Å². The molecule has 0 aliphatic heterocycles. The van der Waals surface area contributed by atoms with E-state index in [-0.39, 0.29) is 5.78 Å². The van der Waals surface area contributed by atoms with Gasteiger partial charge >= 0.3 is 0 Å². The van der Waals surface area contributed by atoms with Gasteiger partial charge in [0.2, 0.25) is 0 Å². The summed E-state index contributed by atoms with van der Waals surface area (Å²) in [5, 5.41) is 18.2. The van der Waals surface area contributed by atoms with E-state index in [0.29, 0.717) is 11.1 Å². The van der Waals surface area contributed by atoms with Gasteiger partial charge in [-0.1, -0.05) is 24.3 Å². The lowest BCUT2D eigenvalue weighted by Crippen LogP contribution is -2.34. The number of carbonyl (C=O) groups is 1. The Morgan fingerprint density at radius 1 is 1.31 bits per heavy atom. The van der Waals surface area contributed by atoms with Crippen LogP contribution in [-0.4, -0.2) is 22.1 Å². The third-order valence-electron chi connectivity index (χ3n) is 2.28. The monoisotopic (exact) mass is 179 g/mol. The van der Waals surface area contributed by atoms with Crippen LogP contribution in [0.1, 0.15) is 22.0 Å². The van der Waals surface area contributed by atoms with Gasteiger partial charge in [0.1, 0.15) is 12.1 Å². The van der Waals surface area contributed by atoms with Crippen LogP contribution in [0.5, 0.6) is 0 Å². The van der Waals surface area contributed by atoms with Gasteiger partial charge in [-0.25, -0.2) is 0 Å². The highest BCUT2D eigenvalue weighted by Crippen LogP contribution is 2.30. The van der Waals surface area contributed by atoms with Gasteiger partial charge in [0.25, 0.3) is 0 Å². The average molecular weight is 179 g/mol. The number of ketones is 1. The lowest BCUT2D eigenvalue weighted by atomic mass is 10.1. The Kier molecular flexibility index (Phi) is 1.88. The van der Waals surface area contributed by atoms with Crippen molar-refractivity contribution in [2.75, 3.05) is 0 Å². The summed E-state index contributed by atoms with van der Waals surface area (Å²) in [5.74, 6) is -0.273. The fraction of sp³-hybridized carbons (Fsp3) is 0.222. The SMILES string of the molecule is O=C1c2ccccc2C(O)C1NO. The van der Waals surface area contributed by atoms with Crippen molar-refractivity contribution in [1.29, 1.82) is 0 Å². The molecule has 0 amide bonds. The highest BCUT2D eigenvalue weighted by molar-refractivity contribution is 6.05. The van der Waals surface area contributed by atoms with Crippen LogP contribution in [0.2, 0.25) is 0 Å². The summed E-state index contributed by atoms with van der Waals surface area (Å²) in [7, 11) is 0. The number of hydrogen-bond acceptors (Lipinski definition) is 4. The number of carbonyl (C=O) groups excluding carboxylic acids is 1. The van der Waals surface area contributed by atoms with Crippen LogP contribution in [0.15, 0.2) is 24.3 Å². The molecule has 13 heavy (non-hydrogen) atoms. The van der Waals surface area contributed by atoms with E-state index in [4.69, 9.17) is 5.21 Å². The molecule has 1 aromatic rings. The highest BCUT2D eigenvalue weighted by atomic mass is 16.5. The molecular weight excluding hydrogens is 170 g/mol. The maximum atomic E-state index is 11.5. The van der Waals surface area contributed by atoms with Crippen LogP contribution in [0.25, 0.3) is 0 Å². The number of nitrogens with one attached hydrogen (secondary N) is 1. The van der Waals surface area contributed by atoms with Gasteiger partial charge in [0.05, 0.1) is 0 Å². The van der Waals surface area contributed by atoms with Crippen molar-refractivity contribution in [1.82, 2.24) is 5.48 Å². The molecule has 4 heteroatoms. The van der Waals surface area contributed by atoms with Crippen LogP contribution in [-0.2, 0) is 0 Å². The van der Waals surface area contributed by atoms with Crippen molar-refractivity contribution in [2.24, 2.45) is 0 Å². The number of Topliss-reactive ketones (excluding diaryl/α,β-unsaturated/α-hetero) is 1. The lowest BCUT2D eigenvalue weighted by Gasteiger charge is -2.10. The molecule has 4 nitrogen and oxygen atoms in total. The number of hydroxylamine groups is 1. The minimum atomic E-state index is -0.950. The molecule has 0 spiro atoms. The average Bonchev–Trinajstić information content (AvgIpc) is 2.41. The zero-order valence-corrected chi connectivity index (χ0v) is 6.77. The van der Waals surface area contributed by atoms with Crippen molar-refractivity contribution < 1.29 is 15.1 Å². The molecule has 1 aliphatic rings. The molecule has 0 heterocycles. The minimum Gasteiger partial charge on any atom is -0.386 e. The summed E-state index contributed by atoms with van der Waals surface area (Å²) < 4.78 is 0. The van der Waals surface area contributed by atoms with Gasteiger partial charge < -0.3 is 10.3 Å². The van der Waals surface area contributed by atoms with Gasteiger partial charge in [0.15, 0.2) is 5.78 Å². The number of rotatable bonds is 1. The molecule has 1 aliphatic carbocycles. The van der Waals surface area contributed by atoms with Crippen molar-refractivity contribution in [2.45, 2.75) is 12.1 Å². The number of fused-ring (bicyclic) bond motifs is 1. The van der Waals surface area contributed by atoms with Crippen molar-refractivity contribution in [3.8, 4) is 0 Å². The van der Waals surface area contributed by atoms with Crippen molar-refractivity contribution in [3.63, 3.8) is 0 Å². The van der Waals surface area contributed by atoms with E-state index in [0.717, 1.165) is 0 Å². The lowest BCUT2D eigenvalue weighted by molar-refractivity contribution is 0.0426. The van der Waals surface area contributed by atoms with Gasteiger partial charge in [-0.3, -0.25) is 4.79 Å². The second-order valence-electron chi connectivity index (χ2n) is 3.00. The van der Waals surface area contributed by atoms with E-state index in [9.17, 15) is 9.90 Å². The molecule has 2 atom stereocenters. The maximum Gasteiger partial charge on any atom is 0.185 e. The minimum absolute atomic E-state index is 0.273. The normalized spacial score (nSPS) is 26.2. The van der Waals surface area contributed by atoms with Crippen LogP contribution in [0.3, 0.4) is 0 Å². The summed E-state index contributed by atoms with van der Waals surface area (Å²) in [6, 6.07) is 5.86. The largest absolute Gasteiger partial charge is 0.386 e. The third kappa shape index (κ3) is 1.07. The molecule has 68 valence electrons. The topological polar surface area (TPSA) is 69.6 Å². The Morgan fingerprint density at radius 2 is 2.00 bits per heavy atom. The first-order chi connectivity index (χ1) is 6.25. The maximum absolute atomic E-state index is 11.5. The predicted octanol–water partition coefficient (Wildman–Crippen LogP) is 0.264. The molecule has 0 radical (unpaired) electrons. The summed E-state index contributed by atoms with van der Waals surface area (Å²) >= 11 is 0. The van der Waals surface area contributed by atoms with E-state index >= 15 is 0 Å². The van der Waals surface area contributed by atoms with E-state index < -0.39 is 12.1 Å². The van der Waals surface area contributed by atoms with Crippen LogP contribution < -0.4 is 5.48 Å². The molecule has 1 aromatic carbocycles. The van der Waals surface area contributed by atoms with Gasteiger partial charge in [-0.15, -0.1) is 0 Å². The second kappa shape index (κ2) is 2.92. The fourth-order valence-corrected chi connectivity index (χ4v) is 1.60. The zero-order valence-electron chi connectivity index (χ0n) is 6.77. The molecule has 0 saturated heterocycles. The van der Waals surface area contributed by atoms with E-state index in [1.54, 1.807) is 24.3 Å². The van der Waals surface area contributed by atoms with Gasteiger partial charge in [0, 0.05) is 5.56 Å². The van der Waals surface area contributed by atoms with E-state index in [1.165, 1.54) is 0 Å². The van der Waals surface area contributed by atoms with E-state index in [2.05, 4.69) is 0 Å². The smallest absolute Gasteiger partial charge is 0.185 e. The molecule has 2 rings (SSSR count).